The molecule has 0 aromatic carbocycles. The largest absolute Gasteiger partial charge is 0.344 e. The van der Waals surface area contributed by atoms with Crippen molar-refractivity contribution in [2.75, 3.05) is 4.90 Å². The zero-order valence-corrected chi connectivity index (χ0v) is 14.7. The van der Waals surface area contributed by atoms with E-state index >= 15 is 0 Å². The van der Waals surface area contributed by atoms with Crippen molar-refractivity contribution in [3.05, 3.63) is 40.4 Å². The molecular formula is C19H28N2. The van der Waals surface area contributed by atoms with Gasteiger partial charge in [-0.2, -0.15) is 0 Å². The lowest BCUT2D eigenvalue weighted by molar-refractivity contribution is 0.759. The van der Waals surface area contributed by atoms with Crippen molar-refractivity contribution in [3.8, 4) is 0 Å². The number of fused-ring (bicyclic) bond motifs is 1. The number of allylic oxidation sites excluding steroid dienone is 3. The molecule has 2 nitrogen and oxygen atoms in total. The van der Waals surface area contributed by atoms with E-state index in [0.29, 0.717) is 12.0 Å². The van der Waals surface area contributed by atoms with E-state index in [2.05, 4.69) is 77.7 Å². The van der Waals surface area contributed by atoms with Crippen LogP contribution < -0.4 is 4.90 Å². The molecule has 0 spiro atoms. The molecule has 0 bridgehead atoms. The van der Waals surface area contributed by atoms with Gasteiger partial charge in [0.25, 0.3) is 0 Å². The fourth-order valence-corrected chi connectivity index (χ4v) is 3.02. The summed E-state index contributed by atoms with van der Waals surface area (Å²) in [5, 5.41) is 0. The molecule has 1 aromatic heterocycles. The lowest BCUT2D eigenvalue weighted by Crippen LogP contribution is -2.27. The Balaban J connectivity index is 2.89. The van der Waals surface area contributed by atoms with Crippen LogP contribution in [0.1, 0.15) is 71.2 Å². The maximum absolute atomic E-state index is 4.68. The van der Waals surface area contributed by atoms with E-state index in [1.165, 1.54) is 33.5 Å². The summed E-state index contributed by atoms with van der Waals surface area (Å²) >= 11 is 0. The Morgan fingerprint density at radius 1 is 0.952 bits per heavy atom. The van der Waals surface area contributed by atoms with Crippen LogP contribution in [0.15, 0.2) is 23.5 Å². The van der Waals surface area contributed by atoms with Gasteiger partial charge in [0.15, 0.2) is 0 Å². The Morgan fingerprint density at radius 3 is 2.10 bits per heavy atom. The second-order valence-corrected chi connectivity index (χ2v) is 6.74. The molecule has 0 unspecified atom stereocenters. The quantitative estimate of drug-likeness (QED) is 0.719. The highest BCUT2D eigenvalue weighted by Gasteiger charge is 2.25. The first kappa shape index (κ1) is 15.8. The van der Waals surface area contributed by atoms with E-state index in [4.69, 9.17) is 0 Å². The van der Waals surface area contributed by atoms with Crippen LogP contribution in [-0.2, 0) is 0 Å². The number of anilines is 1. The summed E-state index contributed by atoms with van der Waals surface area (Å²) in [5.74, 6) is 0.466. The Hall–Kier alpha value is -1.57. The van der Waals surface area contributed by atoms with Gasteiger partial charge in [0.2, 0.25) is 0 Å². The zero-order chi connectivity index (χ0) is 15.9. The number of aryl methyl sites for hydroxylation is 1. The Kier molecular flexibility index (Phi) is 4.27. The van der Waals surface area contributed by atoms with Gasteiger partial charge in [0.1, 0.15) is 0 Å². The van der Waals surface area contributed by atoms with Crippen LogP contribution in [0, 0.1) is 6.92 Å². The second-order valence-electron chi connectivity index (χ2n) is 6.74. The van der Waals surface area contributed by atoms with Crippen molar-refractivity contribution < 1.29 is 0 Å². The molecule has 0 aliphatic carbocycles. The molecule has 1 aliphatic rings. The number of aromatic nitrogens is 1. The third-order valence-corrected chi connectivity index (χ3v) is 4.57. The number of nitrogens with zero attached hydrogens (tertiary/aromatic N) is 2. The number of pyridine rings is 1. The molecule has 0 saturated heterocycles. The van der Waals surface area contributed by atoms with Gasteiger partial charge >= 0.3 is 0 Å². The standard InChI is InChI=1S/C19H28N2/c1-11(2)17-9-20-16(8)18-15(7)14(6)13(5)10-21(12(3)4)19(17)18/h9-12H,1-8H3. The van der Waals surface area contributed by atoms with E-state index in [1.807, 2.05) is 0 Å². The average molecular weight is 284 g/mol. The summed E-state index contributed by atoms with van der Waals surface area (Å²) in [6, 6.07) is 0.428. The monoisotopic (exact) mass is 284 g/mol. The molecule has 0 saturated carbocycles. The van der Waals surface area contributed by atoms with Crippen LogP contribution in [0.2, 0.25) is 0 Å². The zero-order valence-electron chi connectivity index (χ0n) is 14.7. The van der Waals surface area contributed by atoms with Crippen molar-refractivity contribution in [3.63, 3.8) is 0 Å². The SMILES string of the molecule is CC1=CN(C(C)C)c2c(C(C)C)cnc(C)c2C(C)=C1C. The summed E-state index contributed by atoms with van der Waals surface area (Å²) in [4.78, 5) is 7.10. The van der Waals surface area contributed by atoms with Gasteiger partial charge in [-0.1, -0.05) is 13.8 Å². The van der Waals surface area contributed by atoms with Gasteiger partial charge in [0.05, 0.1) is 5.69 Å². The molecule has 1 aliphatic heterocycles. The highest BCUT2D eigenvalue weighted by molar-refractivity contribution is 5.85. The molecule has 2 rings (SSSR count). The Morgan fingerprint density at radius 2 is 1.57 bits per heavy atom. The van der Waals surface area contributed by atoms with Crippen molar-refractivity contribution >= 4 is 11.3 Å². The van der Waals surface area contributed by atoms with Crippen LogP contribution in [0.3, 0.4) is 0 Å². The predicted molar refractivity (Wildman–Crippen MR) is 92.7 cm³/mol. The fraction of sp³-hybridized carbons (Fsp3) is 0.526. The molecule has 0 fully saturated rings. The number of hydrogen-bond donors (Lipinski definition) is 0. The van der Waals surface area contributed by atoms with Gasteiger partial charge in [0, 0.05) is 29.7 Å². The summed E-state index contributed by atoms with van der Waals surface area (Å²) in [7, 11) is 0. The highest BCUT2D eigenvalue weighted by atomic mass is 15.1. The van der Waals surface area contributed by atoms with Crippen molar-refractivity contribution in [2.45, 2.75) is 67.3 Å². The van der Waals surface area contributed by atoms with E-state index in [1.54, 1.807) is 0 Å². The van der Waals surface area contributed by atoms with Gasteiger partial charge < -0.3 is 4.90 Å². The number of rotatable bonds is 2. The normalized spacial score (nSPS) is 15.5. The molecule has 1 aromatic rings. The maximum atomic E-state index is 4.68. The molecule has 0 N–H and O–H groups in total. The minimum atomic E-state index is 0.428. The van der Waals surface area contributed by atoms with Gasteiger partial charge in [-0.3, -0.25) is 4.98 Å². The topological polar surface area (TPSA) is 16.1 Å². The molecule has 0 atom stereocenters. The first-order valence-corrected chi connectivity index (χ1v) is 7.90. The van der Waals surface area contributed by atoms with E-state index in [9.17, 15) is 0 Å². The lowest BCUT2D eigenvalue weighted by Gasteiger charge is -2.31. The fourth-order valence-electron chi connectivity index (χ4n) is 3.02. The van der Waals surface area contributed by atoms with E-state index in [0.717, 1.165) is 5.69 Å². The number of hydrogen-bond acceptors (Lipinski definition) is 2. The minimum Gasteiger partial charge on any atom is -0.344 e. The second kappa shape index (κ2) is 5.67. The van der Waals surface area contributed by atoms with Crippen LogP contribution in [0.4, 0.5) is 5.69 Å². The van der Waals surface area contributed by atoms with Crippen LogP contribution >= 0.6 is 0 Å². The van der Waals surface area contributed by atoms with E-state index < -0.39 is 0 Å². The molecule has 2 heterocycles. The van der Waals surface area contributed by atoms with Crippen LogP contribution in [0.5, 0.6) is 0 Å². The van der Waals surface area contributed by atoms with Crippen molar-refractivity contribution in [1.29, 1.82) is 0 Å². The summed E-state index contributed by atoms with van der Waals surface area (Å²) in [6.07, 6.45) is 4.37. The Bertz CT molecular complexity index is 619. The van der Waals surface area contributed by atoms with Crippen molar-refractivity contribution in [2.24, 2.45) is 0 Å². The highest BCUT2D eigenvalue weighted by Crippen LogP contribution is 2.41. The molecular weight excluding hydrogens is 256 g/mol. The Labute approximate surface area is 129 Å². The van der Waals surface area contributed by atoms with Gasteiger partial charge in [-0.05, 0) is 69.7 Å². The first-order valence-electron chi connectivity index (χ1n) is 7.90. The summed E-state index contributed by atoms with van der Waals surface area (Å²) in [6.45, 7) is 17.8. The van der Waals surface area contributed by atoms with Gasteiger partial charge in [-0.25, -0.2) is 0 Å². The summed E-state index contributed by atoms with van der Waals surface area (Å²) in [5.41, 5.74) is 9.19. The first-order chi connectivity index (χ1) is 9.75. The minimum absolute atomic E-state index is 0.428. The van der Waals surface area contributed by atoms with Gasteiger partial charge in [-0.15, -0.1) is 0 Å². The van der Waals surface area contributed by atoms with Crippen LogP contribution in [-0.4, -0.2) is 11.0 Å². The molecule has 0 radical (unpaired) electrons. The molecule has 0 amide bonds. The molecule has 21 heavy (non-hydrogen) atoms. The third-order valence-electron chi connectivity index (χ3n) is 4.57. The van der Waals surface area contributed by atoms with Crippen molar-refractivity contribution in [1.82, 2.24) is 4.98 Å². The third kappa shape index (κ3) is 2.64. The molecule has 114 valence electrons. The van der Waals surface area contributed by atoms with Crippen LogP contribution in [0.25, 0.3) is 5.57 Å². The average Bonchev–Trinajstić information content (AvgIpc) is 2.50. The van der Waals surface area contributed by atoms with E-state index in [-0.39, 0.29) is 0 Å². The maximum Gasteiger partial charge on any atom is 0.0554 e. The lowest BCUT2D eigenvalue weighted by atomic mass is 9.92. The molecule has 2 heteroatoms. The predicted octanol–water partition coefficient (Wildman–Crippen LogP) is 5.44. The smallest absolute Gasteiger partial charge is 0.0554 e. The summed E-state index contributed by atoms with van der Waals surface area (Å²) < 4.78 is 0.